The van der Waals surface area contributed by atoms with Gasteiger partial charge in [0.15, 0.2) is 0 Å². The number of hydrogen-bond acceptors (Lipinski definition) is 3. The first-order chi connectivity index (χ1) is 7.91. The number of nitrogens with zero attached hydrogens (tertiary/aromatic N) is 1. The van der Waals surface area contributed by atoms with Crippen LogP contribution in [0.5, 0.6) is 0 Å². The molecule has 0 saturated carbocycles. The van der Waals surface area contributed by atoms with Gasteiger partial charge in [-0.1, -0.05) is 13.8 Å². The number of amides is 1. The van der Waals surface area contributed by atoms with Crippen LogP contribution in [0.4, 0.5) is 0 Å². The Bertz CT molecular complexity index is 371. The van der Waals surface area contributed by atoms with Crippen molar-refractivity contribution in [1.82, 2.24) is 4.90 Å². The lowest BCUT2D eigenvalue weighted by atomic mass is 10.0. The Morgan fingerprint density at radius 1 is 1.53 bits per heavy atom. The van der Waals surface area contributed by atoms with Crippen molar-refractivity contribution in [3.05, 3.63) is 23.7 Å². The van der Waals surface area contributed by atoms with Crippen LogP contribution < -0.4 is 5.73 Å². The number of carbonyl (C=O) groups excluding carboxylic acids is 1. The van der Waals surface area contributed by atoms with Crippen molar-refractivity contribution in [3.63, 3.8) is 0 Å². The van der Waals surface area contributed by atoms with Crippen molar-refractivity contribution in [2.75, 3.05) is 7.05 Å². The molecular weight excluding hydrogens is 216 g/mol. The molecule has 0 saturated heterocycles. The Hall–Kier alpha value is -1.29. The molecule has 0 aliphatic carbocycles. The number of furan rings is 1. The largest absolute Gasteiger partial charge is 0.469 e. The van der Waals surface area contributed by atoms with E-state index in [2.05, 4.69) is 13.8 Å². The summed E-state index contributed by atoms with van der Waals surface area (Å²) in [5, 5.41) is 0. The van der Waals surface area contributed by atoms with Crippen LogP contribution in [-0.2, 0) is 11.3 Å². The SMILES string of the molecule is Cc1occc1CN(C)C(=O)C(N)CC(C)C. The Morgan fingerprint density at radius 2 is 2.18 bits per heavy atom. The first kappa shape index (κ1) is 13.8. The van der Waals surface area contributed by atoms with Crippen LogP contribution in [0.2, 0.25) is 0 Å². The summed E-state index contributed by atoms with van der Waals surface area (Å²) in [6.45, 7) is 6.56. The fraction of sp³-hybridized carbons (Fsp3) is 0.615. The molecule has 1 amide bonds. The molecule has 4 heteroatoms. The first-order valence-electron chi connectivity index (χ1n) is 5.95. The minimum absolute atomic E-state index is 0.0145. The molecular formula is C13H22N2O2. The average Bonchev–Trinajstić information content (AvgIpc) is 2.62. The van der Waals surface area contributed by atoms with Gasteiger partial charge in [-0.25, -0.2) is 0 Å². The van der Waals surface area contributed by atoms with Crippen molar-refractivity contribution >= 4 is 5.91 Å². The highest BCUT2D eigenvalue weighted by atomic mass is 16.3. The van der Waals surface area contributed by atoms with E-state index in [4.69, 9.17) is 10.2 Å². The van der Waals surface area contributed by atoms with E-state index in [-0.39, 0.29) is 5.91 Å². The number of rotatable bonds is 5. The molecule has 4 nitrogen and oxygen atoms in total. The molecule has 17 heavy (non-hydrogen) atoms. The zero-order valence-electron chi connectivity index (χ0n) is 11.1. The highest BCUT2D eigenvalue weighted by Gasteiger charge is 2.19. The van der Waals surface area contributed by atoms with Crippen molar-refractivity contribution in [3.8, 4) is 0 Å². The number of hydrogen-bond donors (Lipinski definition) is 1. The fourth-order valence-electron chi connectivity index (χ4n) is 1.80. The van der Waals surface area contributed by atoms with Gasteiger partial charge in [0.05, 0.1) is 12.3 Å². The third kappa shape index (κ3) is 3.89. The van der Waals surface area contributed by atoms with Gasteiger partial charge in [0.1, 0.15) is 5.76 Å². The third-order valence-electron chi connectivity index (χ3n) is 2.79. The van der Waals surface area contributed by atoms with Crippen LogP contribution >= 0.6 is 0 Å². The molecule has 1 aromatic rings. The standard InChI is InChI=1S/C13H22N2O2/c1-9(2)7-12(14)13(16)15(4)8-11-5-6-17-10(11)3/h5-6,9,12H,7-8,14H2,1-4H3. The number of nitrogens with two attached hydrogens (primary N) is 1. The topological polar surface area (TPSA) is 59.5 Å². The van der Waals surface area contributed by atoms with Gasteiger partial charge >= 0.3 is 0 Å². The van der Waals surface area contributed by atoms with Crippen molar-refractivity contribution in [2.45, 2.75) is 39.8 Å². The second-order valence-corrected chi connectivity index (χ2v) is 4.93. The molecule has 0 bridgehead atoms. The maximum absolute atomic E-state index is 12.0. The van der Waals surface area contributed by atoms with Crippen molar-refractivity contribution in [2.24, 2.45) is 11.7 Å². The van der Waals surface area contributed by atoms with Crippen LogP contribution in [0, 0.1) is 12.8 Å². The van der Waals surface area contributed by atoms with Gasteiger partial charge in [-0.3, -0.25) is 4.79 Å². The molecule has 1 unspecified atom stereocenters. The van der Waals surface area contributed by atoms with Crippen molar-refractivity contribution < 1.29 is 9.21 Å². The molecule has 1 rings (SSSR count). The first-order valence-corrected chi connectivity index (χ1v) is 5.95. The summed E-state index contributed by atoms with van der Waals surface area (Å²) in [5.74, 6) is 1.26. The molecule has 1 atom stereocenters. The van der Waals surface area contributed by atoms with Crippen LogP contribution in [0.15, 0.2) is 16.7 Å². The zero-order valence-corrected chi connectivity index (χ0v) is 11.1. The van der Waals surface area contributed by atoms with Gasteiger partial charge in [-0.05, 0) is 25.3 Å². The van der Waals surface area contributed by atoms with E-state index in [1.54, 1.807) is 18.2 Å². The Morgan fingerprint density at radius 3 is 2.65 bits per heavy atom. The third-order valence-corrected chi connectivity index (χ3v) is 2.79. The number of likely N-dealkylation sites (N-methyl/N-ethyl adjacent to an activating group) is 1. The van der Waals surface area contributed by atoms with Crippen LogP contribution in [0.25, 0.3) is 0 Å². The zero-order chi connectivity index (χ0) is 13.0. The molecule has 0 radical (unpaired) electrons. The lowest BCUT2D eigenvalue weighted by molar-refractivity contribution is -0.132. The molecule has 2 N–H and O–H groups in total. The second-order valence-electron chi connectivity index (χ2n) is 4.93. The second kappa shape index (κ2) is 5.87. The number of aryl methyl sites for hydroxylation is 1. The average molecular weight is 238 g/mol. The van der Waals surface area contributed by atoms with Gasteiger partial charge in [0, 0.05) is 19.2 Å². The summed E-state index contributed by atoms with van der Waals surface area (Å²) in [4.78, 5) is 13.6. The van der Waals surface area contributed by atoms with Gasteiger partial charge in [-0.15, -0.1) is 0 Å². The van der Waals surface area contributed by atoms with Gasteiger partial charge in [-0.2, -0.15) is 0 Å². The van der Waals surface area contributed by atoms with Crippen molar-refractivity contribution in [1.29, 1.82) is 0 Å². The van der Waals surface area contributed by atoms with E-state index in [0.717, 1.165) is 11.3 Å². The van der Waals surface area contributed by atoms with E-state index < -0.39 is 6.04 Å². The normalized spacial score (nSPS) is 12.8. The lowest BCUT2D eigenvalue weighted by Crippen LogP contribution is -2.42. The van der Waals surface area contributed by atoms with E-state index in [1.807, 2.05) is 13.0 Å². The highest BCUT2D eigenvalue weighted by Crippen LogP contribution is 2.12. The summed E-state index contributed by atoms with van der Waals surface area (Å²) in [7, 11) is 1.77. The van der Waals surface area contributed by atoms with E-state index in [0.29, 0.717) is 18.9 Å². The molecule has 0 fully saturated rings. The maximum atomic E-state index is 12.0. The van der Waals surface area contributed by atoms with Gasteiger partial charge in [0.25, 0.3) is 0 Å². The van der Waals surface area contributed by atoms with Crippen LogP contribution in [0.3, 0.4) is 0 Å². The predicted molar refractivity (Wildman–Crippen MR) is 67.3 cm³/mol. The monoisotopic (exact) mass is 238 g/mol. The Labute approximate surface area is 103 Å². The van der Waals surface area contributed by atoms with Crippen LogP contribution in [0.1, 0.15) is 31.6 Å². The Balaban J connectivity index is 2.55. The summed E-state index contributed by atoms with van der Waals surface area (Å²) >= 11 is 0. The fourth-order valence-corrected chi connectivity index (χ4v) is 1.80. The molecule has 96 valence electrons. The quantitative estimate of drug-likeness (QED) is 0.852. The predicted octanol–water partition coefficient (Wildman–Crippen LogP) is 1.92. The van der Waals surface area contributed by atoms with Gasteiger partial charge < -0.3 is 15.1 Å². The molecule has 1 aromatic heterocycles. The van der Waals surface area contributed by atoms with Gasteiger partial charge in [0.2, 0.25) is 5.91 Å². The summed E-state index contributed by atoms with van der Waals surface area (Å²) < 4.78 is 5.20. The lowest BCUT2D eigenvalue weighted by Gasteiger charge is -2.22. The molecule has 0 aromatic carbocycles. The summed E-state index contributed by atoms with van der Waals surface area (Å²) in [6, 6.07) is 1.47. The molecule has 0 spiro atoms. The maximum Gasteiger partial charge on any atom is 0.239 e. The van der Waals surface area contributed by atoms with E-state index in [9.17, 15) is 4.79 Å². The highest BCUT2D eigenvalue weighted by molar-refractivity contribution is 5.81. The smallest absolute Gasteiger partial charge is 0.239 e. The minimum Gasteiger partial charge on any atom is -0.469 e. The minimum atomic E-state index is -0.410. The Kier molecular flexibility index (Phi) is 4.75. The molecule has 0 aliphatic rings. The van der Waals surface area contributed by atoms with E-state index >= 15 is 0 Å². The number of carbonyl (C=O) groups is 1. The molecule has 1 heterocycles. The molecule has 0 aliphatic heterocycles. The summed E-state index contributed by atoms with van der Waals surface area (Å²) in [6.07, 6.45) is 2.35. The van der Waals surface area contributed by atoms with Crippen LogP contribution in [-0.4, -0.2) is 23.9 Å². The van der Waals surface area contributed by atoms with E-state index in [1.165, 1.54) is 0 Å². The summed E-state index contributed by atoms with van der Waals surface area (Å²) in [5.41, 5.74) is 6.90.